The molecule has 4 aromatic rings. The summed E-state index contributed by atoms with van der Waals surface area (Å²) in [6, 6.07) is 18.3. The topological polar surface area (TPSA) is 55.1 Å². The number of fused-ring (bicyclic) bond motifs is 1. The molecule has 0 bridgehead atoms. The summed E-state index contributed by atoms with van der Waals surface area (Å²) in [5, 5.41) is 9.33. The first-order valence-electron chi connectivity index (χ1n) is 12.6. The number of hydrogen-bond acceptors (Lipinski definition) is 2. The average Bonchev–Trinajstić information content (AvgIpc) is 3.18. The summed E-state index contributed by atoms with van der Waals surface area (Å²) in [7, 11) is 0. The van der Waals surface area contributed by atoms with Gasteiger partial charge in [-0.3, -0.25) is 4.98 Å². The van der Waals surface area contributed by atoms with Crippen LogP contribution in [0.1, 0.15) is 73.1 Å². The Morgan fingerprint density at radius 1 is 0.944 bits per heavy atom. The first-order chi connectivity index (χ1) is 17.1. The molecule has 0 saturated carbocycles. The molecule has 0 amide bonds. The van der Waals surface area contributed by atoms with Crippen LogP contribution in [0, 0.1) is 6.92 Å². The van der Waals surface area contributed by atoms with Gasteiger partial charge in [-0.25, -0.2) is 4.79 Å². The molecule has 5 rings (SSSR count). The lowest BCUT2D eigenvalue weighted by atomic mass is 9.63. The van der Waals surface area contributed by atoms with E-state index in [2.05, 4.69) is 74.6 Å². The van der Waals surface area contributed by atoms with E-state index in [1.165, 1.54) is 40.8 Å². The van der Waals surface area contributed by atoms with E-state index in [1.54, 1.807) is 18.3 Å². The van der Waals surface area contributed by atoms with Gasteiger partial charge in [-0.1, -0.05) is 58.0 Å². The van der Waals surface area contributed by atoms with Gasteiger partial charge in [0.15, 0.2) is 0 Å². The number of nitrogens with zero attached hydrogens (tertiary/aromatic N) is 2. The zero-order chi connectivity index (χ0) is 25.7. The standard InChI is InChI=1S/C32H34N2O2/c1-21-26(23-8-10-24(11-9-23)30(35)36)20-34(19-22-7-6-16-33-18-22)29(21)25-12-13-27-28(17-25)32(4,5)15-14-31(27,2)3/h6-13,16-18,20H,14-15,19H2,1-5H3,(H,35,36). The van der Waals surface area contributed by atoms with Crippen LogP contribution in [0.2, 0.25) is 0 Å². The first kappa shape index (κ1) is 24.1. The van der Waals surface area contributed by atoms with Crippen molar-refractivity contribution < 1.29 is 9.90 Å². The summed E-state index contributed by atoms with van der Waals surface area (Å²) in [5.74, 6) is -0.910. The zero-order valence-electron chi connectivity index (χ0n) is 21.8. The Morgan fingerprint density at radius 3 is 2.25 bits per heavy atom. The zero-order valence-corrected chi connectivity index (χ0v) is 21.8. The molecule has 2 aromatic heterocycles. The van der Waals surface area contributed by atoms with Crippen molar-refractivity contribution in [3.05, 3.63) is 101 Å². The molecule has 0 aliphatic heterocycles. The fourth-order valence-corrected chi connectivity index (χ4v) is 5.67. The van der Waals surface area contributed by atoms with E-state index >= 15 is 0 Å². The number of carboxylic acids is 1. The number of aromatic nitrogens is 2. The van der Waals surface area contributed by atoms with Crippen molar-refractivity contribution >= 4 is 5.97 Å². The normalized spacial score (nSPS) is 15.9. The third-order valence-electron chi connectivity index (χ3n) is 7.98. The largest absolute Gasteiger partial charge is 0.478 e. The second-order valence-corrected chi connectivity index (χ2v) is 11.4. The van der Waals surface area contributed by atoms with Gasteiger partial charge in [0.05, 0.1) is 11.3 Å². The highest BCUT2D eigenvalue weighted by Gasteiger charge is 2.37. The smallest absolute Gasteiger partial charge is 0.335 e. The summed E-state index contributed by atoms with van der Waals surface area (Å²) < 4.78 is 2.31. The SMILES string of the molecule is Cc1c(-c2ccc(C(=O)O)cc2)cn(Cc2cccnc2)c1-c1ccc2c(c1)C(C)(C)CCC2(C)C. The van der Waals surface area contributed by atoms with Crippen molar-refractivity contribution in [2.24, 2.45) is 0 Å². The van der Waals surface area contributed by atoms with Crippen LogP contribution >= 0.6 is 0 Å². The Bertz CT molecular complexity index is 1430. The van der Waals surface area contributed by atoms with Crippen LogP contribution in [0.15, 0.2) is 73.2 Å². The maximum atomic E-state index is 11.4. The number of aromatic carboxylic acids is 1. The van der Waals surface area contributed by atoms with Crippen LogP contribution in [0.25, 0.3) is 22.4 Å². The van der Waals surface area contributed by atoms with Crippen molar-refractivity contribution in [1.82, 2.24) is 9.55 Å². The van der Waals surface area contributed by atoms with E-state index in [1.807, 2.05) is 24.4 Å². The molecule has 0 atom stereocenters. The third kappa shape index (κ3) is 4.26. The Balaban J connectivity index is 1.68. The number of pyridine rings is 1. The van der Waals surface area contributed by atoms with E-state index < -0.39 is 5.97 Å². The van der Waals surface area contributed by atoms with E-state index in [-0.39, 0.29) is 10.8 Å². The predicted octanol–water partition coefficient (Wildman–Crippen LogP) is 7.62. The summed E-state index contributed by atoms with van der Waals surface area (Å²) in [6.45, 7) is 12.3. The minimum atomic E-state index is -0.910. The van der Waals surface area contributed by atoms with Gasteiger partial charge in [0.1, 0.15) is 0 Å². The van der Waals surface area contributed by atoms with Crippen LogP contribution in [-0.2, 0) is 17.4 Å². The fraction of sp³-hybridized carbons (Fsp3) is 0.312. The molecule has 2 aromatic carbocycles. The molecule has 0 spiro atoms. The van der Waals surface area contributed by atoms with Gasteiger partial charge in [0, 0.05) is 30.7 Å². The molecule has 4 nitrogen and oxygen atoms in total. The van der Waals surface area contributed by atoms with Crippen molar-refractivity contribution in [3.63, 3.8) is 0 Å². The molecule has 2 heterocycles. The van der Waals surface area contributed by atoms with Crippen molar-refractivity contribution in [3.8, 4) is 22.4 Å². The summed E-state index contributed by atoms with van der Waals surface area (Å²) >= 11 is 0. The van der Waals surface area contributed by atoms with E-state index in [9.17, 15) is 9.90 Å². The van der Waals surface area contributed by atoms with Gasteiger partial charge < -0.3 is 9.67 Å². The van der Waals surface area contributed by atoms with E-state index in [4.69, 9.17) is 0 Å². The van der Waals surface area contributed by atoms with Gasteiger partial charge in [-0.15, -0.1) is 0 Å². The summed E-state index contributed by atoms with van der Waals surface area (Å²) in [6.07, 6.45) is 8.28. The molecule has 36 heavy (non-hydrogen) atoms. The minimum absolute atomic E-state index is 0.130. The van der Waals surface area contributed by atoms with Crippen LogP contribution < -0.4 is 0 Å². The van der Waals surface area contributed by atoms with Crippen LogP contribution in [-0.4, -0.2) is 20.6 Å². The van der Waals surface area contributed by atoms with Crippen molar-refractivity contribution in [2.75, 3.05) is 0 Å². The molecule has 1 N–H and O–H groups in total. The molecular formula is C32H34N2O2. The molecule has 184 valence electrons. The van der Waals surface area contributed by atoms with E-state index in [0.717, 1.165) is 16.7 Å². The van der Waals surface area contributed by atoms with Gasteiger partial charge in [-0.05, 0) is 88.2 Å². The maximum absolute atomic E-state index is 11.4. The molecule has 1 aliphatic rings. The molecule has 0 radical (unpaired) electrons. The number of hydrogen-bond donors (Lipinski definition) is 1. The Morgan fingerprint density at radius 2 is 1.61 bits per heavy atom. The molecule has 4 heteroatoms. The molecule has 0 fully saturated rings. The van der Waals surface area contributed by atoms with Gasteiger partial charge in [0.2, 0.25) is 0 Å². The Kier molecular flexibility index (Phi) is 5.86. The lowest BCUT2D eigenvalue weighted by Crippen LogP contribution is -2.33. The molecular weight excluding hydrogens is 444 g/mol. The van der Waals surface area contributed by atoms with Crippen molar-refractivity contribution in [1.29, 1.82) is 0 Å². The number of carboxylic acid groups (broad SMARTS) is 1. The molecule has 1 aliphatic carbocycles. The molecule has 0 unspecified atom stereocenters. The lowest BCUT2D eigenvalue weighted by molar-refractivity contribution is 0.0697. The van der Waals surface area contributed by atoms with Gasteiger partial charge >= 0.3 is 5.97 Å². The predicted molar refractivity (Wildman–Crippen MR) is 146 cm³/mol. The van der Waals surface area contributed by atoms with Crippen LogP contribution in [0.4, 0.5) is 0 Å². The monoisotopic (exact) mass is 478 g/mol. The van der Waals surface area contributed by atoms with E-state index in [0.29, 0.717) is 12.1 Å². The summed E-state index contributed by atoms with van der Waals surface area (Å²) in [4.78, 5) is 15.7. The Hall–Kier alpha value is -3.66. The van der Waals surface area contributed by atoms with Gasteiger partial charge in [0.25, 0.3) is 0 Å². The molecule has 0 saturated heterocycles. The van der Waals surface area contributed by atoms with Crippen LogP contribution in [0.3, 0.4) is 0 Å². The van der Waals surface area contributed by atoms with Gasteiger partial charge in [-0.2, -0.15) is 0 Å². The number of benzene rings is 2. The van der Waals surface area contributed by atoms with Crippen LogP contribution in [0.5, 0.6) is 0 Å². The highest BCUT2D eigenvalue weighted by Crippen LogP contribution is 2.47. The third-order valence-corrected chi connectivity index (χ3v) is 7.98. The maximum Gasteiger partial charge on any atom is 0.335 e. The second kappa shape index (κ2) is 8.77. The number of carbonyl (C=O) groups is 1. The fourth-order valence-electron chi connectivity index (χ4n) is 5.67. The Labute approximate surface area is 213 Å². The lowest BCUT2D eigenvalue weighted by Gasteiger charge is -2.42. The second-order valence-electron chi connectivity index (χ2n) is 11.4. The number of rotatable bonds is 5. The quantitative estimate of drug-likeness (QED) is 0.321. The summed E-state index contributed by atoms with van der Waals surface area (Å²) in [5.41, 5.74) is 10.4. The van der Waals surface area contributed by atoms with Crippen molar-refractivity contribution in [2.45, 2.75) is 64.8 Å². The highest BCUT2D eigenvalue weighted by molar-refractivity contribution is 5.88. The average molecular weight is 479 g/mol. The highest BCUT2D eigenvalue weighted by atomic mass is 16.4. The first-order valence-corrected chi connectivity index (χ1v) is 12.6. The minimum Gasteiger partial charge on any atom is -0.478 e.